The smallest absolute Gasteiger partial charge is 0.124 e. The Labute approximate surface area is 182 Å². The highest BCUT2D eigenvalue weighted by atomic mass is 79.9. The highest BCUT2D eigenvalue weighted by molar-refractivity contribution is 9.10. The lowest BCUT2D eigenvalue weighted by Gasteiger charge is -2.14. The molecule has 146 valence electrons. The summed E-state index contributed by atoms with van der Waals surface area (Å²) in [6.45, 7) is 3.40. The van der Waals surface area contributed by atoms with E-state index in [-0.39, 0.29) is 24.8 Å². The zero-order chi connectivity index (χ0) is 17.4. The Hall–Kier alpha value is -0.490. The molecule has 0 aliphatic rings. The van der Waals surface area contributed by atoms with Gasteiger partial charge in [-0.15, -0.1) is 24.8 Å². The van der Waals surface area contributed by atoms with Crippen LogP contribution in [0.4, 0.5) is 0 Å². The lowest BCUT2D eigenvalue weighted by Crippen LogP contribution is -2.21. The number of nitrogens with one attached hydrogen (secondary N) is 1. The van der Waals surface area contributed by atoms with E-state index in [9.17, 15) is 0 Å². The van der Waals surface area contributed by atoms with Gasteiger partial charge >= 0.3 is 0 Å². The van der Waals surface area contributed by atoms with E-state index in [4.69, 9.17) is 16.3 Å². The van der Waals surface area contributed by atoms with Crippen LogP contribution in [0.1, 0.15) is 17.5 Å². The summed E-state index contributed by atoms with van der Waals surface area (Å²) in [5.74, 6) is 0.910. The number of benzene rings is 2. The van der Waals surface area contributed by atoms with Crippen LogP contribution in [-0.2, 0) is 13.2 Å². The van der Waals surface area contributed by atoms with Gasteiger partial charge in [-0.05, 0) is 69.5 Å². The number of hydrogen-bond donors (Lipinski definition) is 1. The largest absolute Gasteiger partial charge is 0.489 e. The van der Waals surface area contributed by atoms with Gasteiger partial charge in [0.15, 0.2) is 0 Å². The molecule has 0 atom stereocenters. The predicted octanol–water partition coefficient (Wildman–Crippen LogP) is 5.57. The monoisotopic (exact) mass is 482 g/mol. The summed E-state index contributed by atoms with van der Waals surface area (Å²) in [4.78, 5) is 2.20. The molecule has 7 heteroatoms. The number of ether oxygens (including phenoxy) is 1. The SMILES string of the molecule is CN(C)CCCNCc1cc(Br)ccc1OCc1ccc(Cl)cc1.Cl.Cl. The Balaban J connectivity index is 0.00000312. The molecule has 0 amide bonds. The summed E-state index contributed by atoms with van der Waals surface area (Å²) in [5.41, 5.74) is 2.26. The van der Waals surface area contributed by atoms with Crippen molar-refractivity contribution in [3.8, 4) is 5.75 Å². The first-order valence-corrected chi connectivity index (χ1v) is 9.23. The molecule has 0 radical (unpaired) electrons. The lowest BCUT2D eigenvalue weighted by molar-refractivity contribution is 0.302. The molecule has 0 bridgehead atoms. The first kappa shape index (κ1) is 25.5. The van der Waals surface area contributed by atoms with Gasteiger partial charge in [0.1, 0.15) is 12.4 Å². The second-order valence-electron chi connectivity index (χ2n) is 6.00. The van der Waals surface area contributed by atoms with Crippen molar-refractivity contribution in [1.82, 2.24) is 10.2 Å². The molecule has 2 aromatic carbocycles. The fourth-order valence-corrected chi connectivity index (χ4v) is 2.85. The van der Waals surface area contributed by atoms with Gasteiger partial charge in [-0.25, -0.2) is 0 Å². The van der Waals surface area contributed by atoms with Gasteiger partial charge in [-0.3, -0.25) is 0 Å². The summed E-state index contributed by atoms with van der Waals surface area (Å²) in [6, 6.07) is 13.9. The maximum absolute atomic E-state index is 6.00. The number of halogens is 4. The average Bonchev–Trinajstić information content (AvgIpc) is 2.55. The van der Waals surface area contributed by atoms with E-state index in [2.05, 4.69) is 46.3 Å². The molecule has 0 saturated carbocycles. The fraction of sp³-hybridized carbons (Fsp3) is 0.368. The normalized spacial score (nSPS) is 10.2. The van der Waals surface area contributed by atoms with E-state index in [0.29, 0.717) is 6.61 Å². The van der Waals surface area contributed by atoms with Crippen molar-refractivity contribution in [2.45, 2.75) is 19.6 Å². The molecular formula is C19H26BrCl3N2O. The fourth-order valence-electron chi connectivity index (χ4n) is 2.31. The van der Waals surface area contributed by atoms with Crippen LogP contribution in [0.15, 0.2) is 46.9 Å². The first-order chi connectivity index (χ1) is 11.5. The zero-order valence-electron chi connectivity index (χ0n) is 15.0. The molecule has 3 nitrogen and oxygen atoms in total. The van der Waals surface area contributed by atoms with Gasteiger partial charge in [0.25, 0.3) is 0 Å². The quantitative estimate of drug-likeness (QED) is 0.471. The van der Waals surface area contributed by atoms with E-state index in [0.717, 1.165) is 52.4 Å². The summed E-state index contributed by atoms with van der Waals surface area (Å²) in [7, 11) is 4.19. The van der Waals surface area contributed by atoms with Crippen molar-refractivity contribution in [1.29, 1.82) is 0 Å². The van der Waals surface area contributed by atoms with Crippen LogP contribution >= 0.6 is 52.3 Å². The van der Waals surface area contributed by atoms with E-state index < -0.39 is 0 Å². The molecular weight excluding hydrogens is 458 g/mol. The van der Waals surface area contributed by atoms with Gasteiger partial charge in [0.2, 0.25) is 0 Å². The highest BCUT2D eigenvalue weighted by Crippen LogP contribution is 2.24. The topological polar surface area (TPSA) is 24.5 Å². The van der Waals surface area contributed by atoms with Crippen molar-refractivity contribution < 1.29 is 4.74 Å². The number of nitrogens with zero attached hydrogens (tertiary/aromatic N) is 1. The van der Waals surface area contributed by atoms with Crippen LogP contribution in [-0.4, -0.2) is 32.1 Å². The van der Waals surface area contributed by atoms with Crippen LogP contribution in [0, 0.1) is 0 Å². The van der Waals surface area contributed by atoms with Gasteiger partial charge in [-0.2, -0.15) is 0 Å². The van der Waals surface area contributed by atoms with Crippen LogP contribution in [0.3, 0.4) is 0 Å². The standard InChI is InChI=1S/C19H24BrClN2O.2ClH/c1-23(2)11-3-10-22-13-16-12-17(20)6-9-19(16)24-14-15-4-7-18(21)8-5-15;;/h4-9,12,22H,3,10-11,13-14H2,1-2H3;2*1H. The molecule has 2 rings (SSSR count). The van der Waals surface area contributed by atoms with E-state index in [1.54, 1.807) is 0 Å². The molecule has 0 aromatic heterocycles. The van der Waals surface area contributed by atoms with E-state index >= 15 is 0 Å². The molecule has 1 N–H and O–H groups in total. The summed E-state index contributed by atoms with van der Waals surface area (Å²) in [6.07, 6.45) is 1.13. The molecule has 0 spiro atoms. The first-order valence-electron chi connectivity index (χ1n) is 8.06. The molecule has 0 saturated heterocycles. The Morgan fingerprint density at radius 2 is 1.77 bits per heavy atom. The van der Waals surface area contributed by atoms with Crippen LogP contribution in [0.25, 0.3) is 0 Å². The van der Waals surface area contributed by atoms with Crippen molar-refractivity contribution in [2.24, 2.45) is 0 Å². The predicted molar refractivity (Wildman–Crippen MR) is 119 cm³/mol. The second-order valence-corrected chi connectivity index (χ2v) is 7.35. The average molecular weight is 485 g/mol. The van der Waals surface area contributed by atoms with Crippen molar-refractivity contribution >= 4 is 52.3 Å². The van der Waals surface area contributed by atoms with Gasteiger partial charge in [0, 0.05) is 21.6 Å². The third-order valence-electron chi connectivity index (χ3n) is 3.60. The van der Waals surface area contributed by atoms with Gasteiger partial charge < -0.3 is 15.0 Å². The molecule has 0 aliphatic carbocycles. The third kappa shape index (κ3) is 9.45. The molecule has 0 unspecified atom stereocenters. The summed E-state index contributed by atoms with van der Waals surface area (Å²) < 4.78 is 7.06. The molecule has 2 aromatic rings. The number of hydrogen-bond acceptors (Lipinski definition) is 3. The third-order valence-corrected chi connectivity index (χ3v) is 4.35. The summed E-state index contributed by atoms with van der Waals surface area (Å²) in [5, 5.41) is 4.23. The minimum atomic E-state index is 0. The number of rotatable bonds is 9. The molecule has 0 fully saturated rings. The Kier molecular flexibility index (Phi) is 13.4. The zero-order valence-corrected chi connectivity index (χ0v) is 19.0. The lowest BCUT2D eigenvalue weighted by atomic mass is 10.2. The van der Waals surface area contributed by atoms with Crippen LogP contribution < -0.4 is 10.1 Å². The second kappa shape index (κ2) is 13.6. The minimum Gasteiger partial charge on any atom is -0.489 e. The van der Waals surface area contributed by atoms with E-state index in [1.807, 2.05) is 36.4 Å². The summed E-state index contributed by atoms with van der Waals surface area (Å²) >= 11 is 9.45. The molecule has 0 heterocycles. The van der Waals surface area contributed by atoms with Crippen LogP contribution in [0.5, 0.6) is 5.75 Å². The highest BCUT2D eigenvalue weighted by Gasteiger charge is 2.05. The van der Waals surface area contributed by atoms with Gasteiger partial charge in [-0.1, -0.05) is 39.7 Å². The maximum atomic E-state index is 6.00. The van der Waals surface area contributed by atoms with Gasteiger partial charge in [0.05, 0.1) is 0 Å². The Morgan fingerprint density at radius 3 is 2.42 bits per heavy atom. The van der Waals surface area contributed by atoms with Crippen molar-refractivity contribution in [3.05, 3.63) is 63.1 Å². The molecule has 26 heavy (non-hydrogen) atoms. The Morgan fingerprint density at radius 1 is 1.08 bits per heavy atom. The minimum absolute atomic E-state index is 0. The van der Waals surface area contributed by atoms with Crippen molar-refractivity contribution in [3.63, 3.8) is 0 Å². The van der Waals surface area contributed by atoms with Crippen molar-refractivity contribution in [2.75, 3.05) is 27.2 Å². The molecule has 0 aliphatic heterocycles. The Bertz CT molecular complexity index is 639. The van der Waals surface area contributed by atoms with E-state index in [1.165, 1.54) is 0 Å². The maximum Gasteiger partial charge on any atom is 0.124 e. The van der Waals surface area contributed by atoms with Crippen LogP contribution in [0.2, 0.25) is 5.02 Å².